The van der Waals surface area contributed by atoms with E-state index in [1.54, 1.807) is 5.57 Å². The second-order valence-electron chi connectivity index (χ2n) is 6.54. The molecule has 0 radical (unpaired) electrons. The average molecular weight is 302 g/mol. The van der Waals surface area contributed by atoms with Gasteiger partial charge in [-0.3, -0.25) is 4.99 Å². The molecular weight excluding hydrogens is 266 g/mol. The smallest absolute Gasteiger partial charge is 0.0618 e. The lowest BCUT2D eigenvalue weighted by atomic mass is 9.85. The van der Waals surface area contributed by atoms with Crippen molar-refractivity contribution in [2.75, 3.05) is 0 Å². The molecule has 0 aliphatic heterocycles. The predicted molar refractivity (Wildman–Crippen MR) is 100 cm³/mol. The normalized spacial score (nSPS) is 19.5. The molecule has 0 saturated carbocycles. The van der Waals surface area contributed by atoms with E-state index in [2.05, 4.69) is 59.8 Å². The molecule has 1 heteroatoms. The molecule has 1 rings (SSSR count). The minimum absolute atomic E-state index is 0.575. The van der Waals surface area contributed by atoms with Crippen LogP contribution in [0.25, 0.3) is 0 Å². The summed E-state index contributed by atoms with van der Waals surface area (Å²) < 4.78 is 0. The molecule has 0 aromatic heterocycles. The Labute approximate surface area is 138 Å². The molecule has 0 aromatic rings. The van der Waals surface area contributed by atoms with Crippen molar-refractivity contribution in [3.63, 3.8) is 0 Å². The first-order valence-corrected chi connectivity index (χ1v) is 9.17. The van der Waals surface area contributed by atoms with Gasteiger partial charge in [0.15, 0.2) is 0 Å². The van der Waals surface area contributed by atoms with Crippen molar-refractivity contribution >= 4 is 5.71 Å². The Kier molecular flexibility index (Phi) is 8.45. The van der Waals surface area contributed by atoms with Crippen LogP contribution in [0.1, 0.15) is 80.1 Å². The molecule has 1 aliphatic carbocycles. The van der Waals surface area contributed by atoms with E-state index in [0.29, 0.717) is 5.92 Å². The van der Waals surface area contributed by atoms with E-state index < -0.39 is 0 Å². The van der Waals surface area contributed by atoms with Gasteiger partial charge in [0.2, 0.25) is 0 Å². The van der Waals surface area contributed by atoms with E-state index in [1.165, 1.54) is 49.1 Å². The Hall–Kier alpha value is -1.11. The molecule has 0 bridgehead atoms. The van der Waals surface area contributed by atoms with Gasteiger partial charge >= 0.3 is 0 Å². The van der Waals surface area contributed by atoms with Crippen LogP contribution in [0.5, 0.6) is 0 Å². The van der Waals surface area contributed by atoms with Gasteiger partial charge in [0.1, 0.15) is 0 Å². The van der Waals surface area contributed by atoms with Gasteiger partial charge in [-0.25, -0.2) is 0 Å². The average Bonchev–Trinajstić information content (AvgIpc) is 2.56. The molecule has 2 unspecified atom stereocenters. The molecular formula is C21H35N. The summed E-state index contributed by atoms with van der Waals surface area (Å²) in [6, 6.07) is 0. The van der Waals surface area contributed by atoms with Crippen molar-refractivity contribution in [2.24, 2.45) is 16.8 Å². The van der Waals surface area contributed by atoms with Crippen LogP contribution in [0, 0.1) is 11.8 Å². The third-order valence-electron chi connectivity index (χ3n) is 5.14. The lowest BCUT2D eigenvalue weighted by molar-refractivity contribution is 0.393. The first-order valence-electron chi connectivity index (χ1n) is 9.17. The number of hydrogen-bond donors (Lipinski definition) is 0. The minimum atomic E-state index is 0.575. The molecule has 0 heterocycles. The molecule has 2 atom stereocenters. The van der Waals surface area contributed by atoms with Gasteiger partial charge in [-0.1, -0.05) is 70.8 Å². The molecule has 0 fully saturated rings. The lowest BCUT2D eigenvalue weighted by Gasteiger charge is -2.23. The summed E-state index contributed by atoms with van der Waals surface area (Å²) in [5.74, 6) is 1.34. The standard InChI is InChI=1S/C21H35N/c1-7-11-19(9-3)16(5)17(6)22-21(10-4)20-14-12-18(8-2)13-15-20/h10,12,14,16,19H,7-9,11,13,15H2,1-6H3/b21-10-,22-17?. The van der Waals surface area contributed by atoms with Gasteiger partial charge in [0, 0.05) is 5.71 Å². The van der Waals surface area contributed by atoms with Crippen molar-refractivity contribution in [3.05, 3.63) is 35.1 Å². The van der Waals surface area contributed by atoms with Gasteiger partial charge in [-0.15, -0.1) is 0 Å². The third-order valence-corrected chi connectivity index (χ3v) is 5.14. The summed E-state index contributed by atoms with van der Waals surface area (Å²) in [4.78, 5) is 5.00. The van der Waals surface area contributed by atoms with Gasteiger partial charge in [0.25, 0.3) is 0 Å². The number of allylic oxidation sites excluding steroid dienone is 5. The quantitative estimate of drug-likeness (QED) is 0.434. The summed E-state index contributed by atoms with van der Waals surface area (Å²) in [5, 5.41) is 0. The fraction of sp³-hybridized carbons (Fsp3) is 0.667. The zero-order chi connectivity index (χ0) is 16.5. The Morgan fingerprint density at radius 1 is 1.23 bits per heavy atom. The first kappa shape index (κ1) is 18.9. The summed E-state index contributed by atoms with van der Waals surface area (Å²) in [7, 11) is 0. The Bertz CT molecular complexity index is 462. The van der Waals surface area contributed by atoms with Crippen LogP contribution in [-0.4, -0.2) is 5.71 Å². The maximum Gasteiger partial charge on any atom is 0.0618 e. The van der Waals surface area contributed by atoms with Crippen LogP contribution in [0.3, 0.4) is 0 Å². The molecule has 0 N–H and O–H groups in total. The van der Waals surface area contributed by atoms with Crippen LogP contribution in [0.15, 0.2) is 40.1 Å². The van der Waals surface area contributed by atoms with E-state index in [1.807, 2.05) is 0 Å². The molecule has 1 aliphatic rings. The van der Waals surface area contributed by atoms with Gasteiger partial charge in [-0.2, -0.15) is 0 Å². The van der Waals surface area contributed by atoms with Crippen molar-refractivity contribution in [1.29, 1.82) is 0 Å². The van der Waals surface area contributed by atoms with Crippen molar-refractivity contribution in [3.8, 4) is 0 Å². The monoisotopic (exact) mass is 301 g/mol. The lowest BCUT2D eigenvalue weighted by Crippen LogP contribution is -2.18. The maximum atomic E-state index is 5.00. The second kappa shape index (κ2) is 9.82. The molecule has 0 spiro atoms. The Balaban J connectivity index is 2.88. The molecule has 0 amide bonds. The zero-order valence-corrected chi connectivity index (χ0v) is 15.6. The zero-order valence-electron chi connectivity index (χ0n) is 15.6. The van der Waals surface area contributed by atoms with Gasteiger partial charge in [-0.05, 0) is 50.5 Å². The largest absolute Gasteiger partial charge is 0.258 e. The van der Waals surface area contributed by atoms with Crippen LogP contribution in [0.4, 0.5) is 0 Å². The highest BCUT2D eigenvalue weighted by Gasteiger charge is 2.18. The van der Waals surface area contributed by atoms with E-state index in [4.69, 9.17) is 4.99 Å². The van der Waals surface area contributed by atoms with Crippen LogP contribution >= 0.6 is 0 Å². The Morgan fingerprint density at radius 2 is 1.95 bits per heavy atom. The predicted octanol–water partition coefficient (Wildman–Crippen LogP) is 6.87. The molecule has 0 aromatic carbocycles. The fourth-order valence-corrected chi connectivity index (χ4v) is 3.32. The van der Waals surface area contributed by atoms with E-state index in [-0.39, 0.29) is 0 Å². The van der Waals surface area contributed by atoms with Gasteiger partial charge < -0.3 is 0 Å². The summed E-state index contributed by atoms with van der Waals surface area (Å²) in [5.41, 5.74) is 5.43. The van der Waals surface area contributed by atoms with Crippen LogP contribution < -0.4 is 0 Å². The van der Waals surface area contributed by atoms with E-state index in [0.717, 1.165) is 12.3 Å². The van der Waals surface area contributed by atoms with Crippen molar-refractivity contribution in [1.82, 2.24) is 0 Å². The Morgan fingerprint density at radius 3 is 2.41 bits per heavy atom. The number of rotatable bonds is 8. The van der Waals surface area contributed by atoms with E-state index in [9.17, 15) is 0 Å². The number of nitrogens with zero attached hydrogens (tertiary/aromatic N) is 1. The minimum Gasteiger partial charge on any atom is -0.258 e. The molecule has 124 valence electrons. The second-order valence-corrected chi connectivity index (χ2v) is 6.54. The van der Waals surface area contributed by atoms with Crippen LogP contribution in [0.2, 0.25) is 0 Å². The fourth-order valence-electron chi connectivity index (χ4n) is 3.32. The molecule has 1 nitrogen and oxygen atoms in total. The highest BCUT2D eigenvalue weighted by molar-refractivity contribution is 5.85. The van der Waals surface area contributed by atoms with Crippen molar-refractivity contribution < 1.29 is 0 Å². The summed E-state index contributed by atoms with van der Waals surface area (Å²) in [6.07, 6.45) is 14.1. The topological polar surface area (TPSA) is 12.4 Å². The number of hydrogen-bond acceptors (Lipinski definition) is 1. The maximum absolute atomic E-state index is 5.00. The highest BCUT2D eigenvalue weighted by Crippen LogP contribution is 2.28. The summed E-state index contributed by atoms with van der Waals surface area (Å²) >= 11 is 0. The molecule has 0 saturated heterocycles. The SMILES string of the molecule is C/C=C(\N=C(C)C(C)C(CC)CCC)C1=CC=C(CC)CC1. The van der Waals surface area contributed by atoms with Crippen molar-refractivity contribution in [2.45, 2.75) is 80.1 Å². The summed E-state index contributed by atoms with van der Waals surface area (Å²) in [6.45, 7) is 13.5. The van der Waals surface area contributed by atoms with Crippen LogP contribution in [-0.2, 0) is 0 Å². The highest BCUT2D eigenvalue weighted by atomic mass is 14.8. The number of aliphatic imine (C=N–C) groups is 1. The third kappa shape index (κ3) is 5.26. The molecule has 22 heavy (non-hydrogen) atoms. The van der Waals surface area contributed by atoms with Gasteiger partial charge in [0.05, 0.1) is 5.70 Å². The first-order chi connectivity index (χ1) is 10.6. The van der Waals surface area contributed by atoms with E-state index >= 15 is 0 Å².